The Balaban J connectivity index is 1.79. The molecule has 2 N–H and O–H groups in total. The second-order valence-corrected chi connectivity index (χ2v) is 5.53. The van der Waals surface area contributed by atoms with Gasteiger partial charge in [-0.3, -0.25) is 9.69 Å². The fourth-order valence-electron chi connectivity index (χ4n) is 2.22. The van der Waals surface area contributed by atoms with Crippen LogP contribution in [0, 0.1) is 0 Å². The number of nitrogens with one attached hydrogen (secondary N) is 1. The molecule has 1 saturated heterocycles. The average molecular weight is 329 g/mol. The molecule has 0 atom stereocenters. The molecule has 1 aliphatic heterocycles. The van der Waals surface area contributed by atoms with Crippen LogP contribution in [0.3, 0.4) is 0 Å². The van der Waals surface area contributed by atoms with Crippen LogP contribution in [0.15, 0.2) is 54.2 Å². The largest absolute Gasteiger partial charge is 0.508 e. The summed E-state index contributed by atoms with van der Waals surface area (Å²) in [5, 5.41) is 12.4. The molecule has 23 heavy (non-hydrogen) atoms. The monoisotopic (exact) mass is 328 g/mol. The molecule has 5 nitrogen and oxygen atoms in total. The van der Waals surface area contributed by atoms with E-state index in [1.54, 1.807) is 42.5 Å². The number of hydrogen-bond acceptors (Lipinski definition) is 3. The van der Waals surface area contributed by atoms with Crippen LogP contribution in [0.5, 0.6) is 5.75 Å². The van der Waals surface area contributed by atoms with E-state index >= 15 is 0 Å². The lowest BCUT2D eigenvalue weighted by molar-refractivity contribution is -0.123. The van der Waals surface area contributed by atoms with Crippen molar-refractivity contribution in [3.63, 3.8) is 0 Å². The van der Waals surface area contributed by atoms with E-state index in [-0.39, 0.29) is 18.0 Å². The van der Waals surface area contributed by atoms with Gasteiger partial charge in [-0.2, -0.15) is 0 Å². The van der Waals surface area contributed by atoms with Gasteiger partial charge in [0.25, 0.3) is 5.91 Å². The van der Waals surface area contributed by atoms with Crippen molar-refractivity contribution in [3.8, 4) is 5.75 Å². The van der Waals surface area contributed by atoms with E-state index < -0.39 is 11.9 Å². The summed E-state index contributed by atoms with van der Waals surface area (Å²) in [6.45, 7) is 0.175. The summed E-state index contributed by atoms with van der Waals surface area (Å²) in [7, 11) is 0. The SMILES string of the molecule is O=C1N/C(=C\c2ccc(O)cc2)C(=O)N1Cc1ccc(Cl)cc1. The van der Waals surface area contributed by atoms with Crippen molar-refractivity contribution < 1.29 is 14.7 Å². The second-order valence-electron chi connectivity index (χ2n) is 5.10. The summed E-state index contributed by atoms with van der Waals surface area (Å²) < 4.78 is 0. The molecule has 1 fully saturated rings. The highest BCUT2D eigenvalue weighted by molar-refractivity contribution is 6.30. The molecule has 1 heterocycles. The third-order valence-electron chi connectivity index (χ3n) is 3.42. The van der Waals surface area contributed by atoms with Crippen LogP contribution in [0.2, 0.25) is 5.02 Å². The molecule has 116 valence electrons. The Morgan fingerprint density at radius 1 is 1.04 bits per heavy atom. The lowest BCUT2D eigenvalue weighted by atomic mass is 10.2. The van der Waals surface area contributed by atoms with E-state index in [2.05, 4.69) is 5.32 Å². The Morgan fingerprint density at radius 2 is 1.70 bits per heavy atom. The third-order valence-corrected chi connectivity index (χ3v) is 3.67. The van der Waals surface area contributed by atoms with E-state index in [9.17, 15) is 14.7 Å². The van der Waals surface area contributed by atoms with Crippen molar-refractivity contribution in [2.75, 3.05) is 0 Å². The van der Waals surface area contributed by atoms with E-state index in [0.29, 0.717) is 10.6 Å². The van der Waals surface area contributed by atoms with Crippen LogP contribution < -0.4 is 5.32 Å². The van der Waals surface area contributed by atoms with Crippen molar-refractivity contribution in [1.82, 2.24) is 10.2 Å². The van der Waals surface area contributed by atoms with Crippen molar-refractivity contribution in [2.45, 2.75) is 6.54 Å². The van der Waals surface area contributed by atoms with Crippen LogP contribution in [-0.2, 0) is 11.3 Å². The Labute approximate surface area is 137 Å². The molecule has 6 heteroatoms. The number of carbonyl (C=O) groups excluding carboxylic acids is 2. The average Bonchev–Trinajstić information content (AvgIpc) is 2.79. The second kappa shape index (κ2) is 6.14. The number of urea groups is 1. The highest BCUT2D eigenvalue weighted by Gasteiger charge is 2.33. The Hall–Kier alpha value is -2.79. The zero-order valence-electron chi connectivity index (χ0n) is 12.0. The van der Waals surface area contributed by atoms with Crippen molar-refractivity contribution in [3.05, 3.63) is 70.4 Å². The highest BCUT2D eigenvalue weighted by atomic mass is 35.5. The quantitative estimate of drug-likeness (QED) is 0.671. The predicted octanol–water partition coefficient (Wildman–Crippen LogP) is 3.14. The first-order chi connectivity index (χ1) is 11.0. The Kier molecular flexibility index (Phi) is 4.04. The number of rotatable bonds is 3. The zero-order valence-corrected chi connectivity index (χ0v) is 12.7. The maximum atomic E-state index is 12.4. The summed E-state index contributed by atoms with van der Waals surface area (Å²) in [5.41, 5.74) is 1.72. The molecule has 0 radical (unpaired) electrons. The van der Waals surface area contributed by atoms with E-state index in [4.69, 9.17) is 11.6 Å². The maximum absolute atomic E-state index is 12.4. The predicted molar refractivity (Wildman–Crippen MR) is 86.6 cm³/mol. The van der Waals surface area contributed by atoms with Crippen molar-refractivity contribution >= 4 is 29.6 Å². The number of imide groups is 1. The zero-order chi connectivity index (χ0) is 16.4. The molecule has 0 bridgehead atoms. The molecule has 2 aromatic rings. The molecule has 0 aromatic heterocycles. The van der Waals surface area contributed by atoms with Gasteiger partial charge in [-0.15, -0.1) is 0 Å². The van der Waals surface area contributed by atoms with Crippen molar-refractivity contribution in [2.24, 2.45) is 0 Å². The first-order valence-corrected chi connectivity index (χ1v) is 7.29. The lowest BCUT2D eigenvalue weighted by Gasteiger charge is -2.11. The summed E-state index contributed by atoms with van der Waals surface area (Å²) in [6.07, 6.45) is 1.57. The fourth-order valence-corrected chi connectivity index (χ4v) is 2.35. The van der Waals surface area contributed by atoms with Crippen LogP contribution in [0.1, 0.15) is 11.1 Å². The number of aromatic hydroxyl groups is 1. The summed E-state index contributed by atoms with van der Waals surface area (Å²) in [6, 6.07) is 12.8. The van der Waals surface area contributed by atoms with Gasteiger partial charge < -0.3 is 10.4 Å². The van der Waals surface area contributed by atoms with Gasteiger partial charge in [0, 0.05) is 5.02 Å². The first kappa shape index (κ1) is 15.1. The first-order valence-electron chi connectivity index (χ1n) is 6.91. The number of amides is 3. The van der Waals surface area contributed by atoms with E-state index in [0.717, 1.165) is 10.5 Å². The van der Waals surface area contributed by atoms with Gasteiger partial charge in [0.2, 0.25) is 0 Å². The third kappa shape index (κ3) is 3.35. The number of phenols is 1. The van der Waals surface area contributed by atoms with Crippen molar-refractivity contribution in [1.29, 1.82) is 0 Å². The van der Waals surface area contributed by atoms with Gasteiger partial charge in [0.15, 0.2) is 0 Å². The molecule has 0 spiro atoms. The molecule has 0 saturated carbocycles. The molecule has 0 aliphatic carbocycles. The van der Waals surface area contributed by atoms with Gasteiger partial charge >= 0.3 is 6.03 Å². The molecule has 2 aromatic carbocycles. The number of hydrogen-bond donors (Lipinski definition) is 2. The Morgan fingerprint density at radius 3 is 2.35 bits per heavy atom. The molecule has 3 rings (SSSR count). The van der Waals surface area contributed by atoms with Gasteiger partial charge in [0.1, 0.15) is 11.4 Å². The van der Waals surface area contributed by atoms with Gasteiger partial charge in [-0.1, -0.05) is 35.9 Å². The minimum Gasteiger partial charge on any atom is -0.508 e. The van der Waals surface area contributed by atoms with Gasteiger partial charge in [0.05, 0.1) is 6.54 Å². The number of benzene rings is 2. The van der Waals surface area contributed by atoms with Crippen LogP contribution in [0.4, 0.5) is 4.79 Å². The number of carbonyl (C=O) groups is 2. The molecule has 1 aliphatic rings. The standard InChI is InChI=1S/C17H13ClN2O3/c18-13-5-1-12(2-6-13)10-20-16(22)15(19-17(20)23)9-11-3-7-14(21)8-4-11/h1-9,21H,10H2,(H,19,23)/b15-9-. The van der Waals surface area contributed by atoms with Gasteiger partial charge in [-0.25, -0.2) is 4.79 Å². The molecule has 0 unspecified atom stereocenters. The van der Waals surface area contributed by atoms with E-state index in [1.165, 1.54) is 12.1 Å². The number of phenolic OH excluding ortho intramolecular Hbond substituents is 1. The fraction of sp³-hybridized carbons (Fsp3) is 0.0588. The normalized spacial score (nSPS) is 16.0. The summed E-state index contributed by atoms with van der Waals surface area (Å²) >= 11 is 5.82. The Bertz CT molecular complexity index is 782. The molecular weight excluding hydrogens is 316 g/mol. The van der Waals surface area contributed by atoms with Crippen LogP contribution in [-0.4, -0.2) is 21.9 Å². The minimum atomic E-state index is -0.463. The highest BCUT2D eigenvalue weighted by Crippen LogP contribution is 2.19. The summed E-state index contributed by atoms with van der Waals surface area (Å²) in [5.74, 6) is -0.253. The molecular formula is C17H13ClN2O3. The molecule has 3 amide bonds. The van der Waals surface area contributed by atoms with E-state index in [1.807, 2.05) is 0 Å². The lowest BCUT2D eigenvalue weighted by Crippen LogP contribution is -2.30. The maximum Gasteiger partial charge on any atom is 0.329 e. The minimum absolute atomic E-state index is 0.137. The van der Waals surface area contributed by atoms with Gasteiger partial charge in [-0.05, 0) is 41.5 Å². The topological polar surface area (TPSA) is 69.6 Å². The summed E-state index contributed by atoms with van der Waals surface area (Å²) in [4.78, 5) is 25.5. The van der Waals surface area contributed by atoms with Crippen LogP contribution >= 0.6 is 11.6 Å². The smallest absolute Gasteiger partial charge is 0.329 e. The number of nitrogens with zero attached hydrogens (tertiary/aromatic N) is 1. The van der Waals surface area contributed by atoms with Crippen LogP contribution in [0.25, 0.3) is 6.08 Å². The number of halogens is 1.